The number of hydrogen-bond donors (Lipinski definition) is 1. The molecule has 1 aliphatic rings. The number of carbonyl (C=O) groups is 2. The first-order chi connectivity index (χ1) is 13.7. The van der Waals surface area contributed by atoms with E-state index in [1.165, 1.54) is 0 Å². The Hall–Kier alpha value is -2.86. The van der Waals surface area contributed by atoms with Gasteiger partial charge < -0.3 is 19.5 Å². The van der Waals surface area contributed by atoms with E-state index in [1.807, 2.05) is 60.7 Å². The van der Waals surface area contributed by atoms with Crippen LogP contribution in [0.4, 0.5) is 4.79 Å². The van der Waals surface area contributed by atoms with Gasteiger partial charge in [-0.2, -0.15) is 0 Å². The Balaban J connectivity index is 1.64. The summed E-state index contributed by atoms with van der Waals surface area (Å²) >= 11 is 0. The van der Waals surface area contributed by atoms with Gasteiger partial charge in [0.25, 0.3) is 0 Å². The van der Waals surface area contributed by atoms with E-state index >= 15 is 0 Å². The van der Waals surface area contributed by atoms with Gasteiger partial charge in [-0.1, -0.05) is 60.7 Å². The Labute approximate surface area is 164 Å². The smallest absolute Gasteiger partial charge is 0.407 e. The van der Waals surface area contributed by atoms with E-state index in [9.17, 15) is 9.59 Å². The SMILES string of the molecule is COC[C@H]1C[C@@H]([C@H](Cc2ccccc2)NC(=O)OCc2ccccc2)OC1=O. The molecule has 0 spiro atoms. The fourth-order valence-electron chi connectivity index (χ4n) is 3.31. The summed E-state index contributed by atoms with van der Waals surface area (Å²) < 4.78 is 16.0. The number of nitrogens with one attached hydrogen (secondary N) is 1. The highest BCUT2D eigenvalue weighted by molar-refractivity contribution is 5.75. The number of carbonyl (C=O) groups excluding carboxylic acids is 2. The lowest BCUT2D eigenvalue weighted by molar-refractivity contribution is -0.146. The van der Waals surface area contributed by atoms with Gasteiger partial charge in [-0.25, -0.2) is 4.79 Å². The van der Waals surface area contributed by atoms with Crippen LogP contribution >= 0.6 is 0 Å². The Morgan fingerprint density at radius 2 is 1.75 bits per heavy atom. The van der Waals surface area contributed by atoms with E-state index in [2.05, 4.69) is 5.32 Å². The molecule has 6 nitrogen and oxygen atoms in total. The summed E-state index contributed by atoms with van der Waals surface area (Å²) in [5.41, 5.74) is 1.95. The van der Waals surface area contributed by atoms with Crippen molar-refractivity contribution < 1.29 is 23.8 Å². The van der Waals surface area contributed by atoms with Crippen LogP contribution in [0.25, 0.3) is 0 Å². The van der Waals surface area contributed by atoms with Gasteiger partial charge in [0, 0.05) is 13.5 Å². The molecule has 0 unspecified atom stereocenters. The van der Waals surface area contributed by atoms with Crippen molar-refractivity contribution in [2.75, 3.05) is 13.7 Å². The number of alkyl carbamates (subject to hydrolysis) is 1. The molecule has 1 amide bonds. The number of hydrogen-bond acceptors (Lipinski definition) is 5. The minimum Gasteiger partial charge on any atom is -0.460 e. The van der Waals surface area contributed by atoms with Gasteiger partial charge in [0.2, 0.25) is 0 Å². The highest BCUT2D eigenvalue weighted by Crippen LogP contribution is 2.25. The molecule has 3 rings (SSSR count). The summed E-state index contributed by atoms with van der Waals surface area (Å²) in [6.07, 6.45) is 0.0929. The number of cyclic esters (lactones) is 1. The van der Waals surface area contributed by atoms with Gasteiger partial charge in [0.05, 0.1) is 18.6 Å². The molecule has 6 heteroatoms. The summed E-state index contributed by atoms with van der Waals surface area (Å²) in [6, 6.07) is 18.9. The molecule has 0 bridgehead atoms. The predicted octanol–water partition coefficient (Wildman–Crippen LogP) is 3.10. The van der Waals surface area contributed by atoms with E-state index in [4.69, 9.17) is 14.2 Å². The summed E-state index contributed by atoms with van der Waals surface area (Å²) in [4.78, 5) is 24.4. The summed E-state index contributed by atoms with van der Waals surface area (Å²) in [6.45, 7) is 0.493. The molecule has 2 aromatic rings. The number of benzene rings is 2. The predicted molar refractivity (Wildman–Crippen MR) is 104 cm³/mol. The Bertz CT molecular complexity index is 765. The molecular formula is C22H25NO5. The van der Waals surface area contributed by atoms with Crippen molar-refractivity contribution in [1.29, 1.82) is 0 Å². The number of ether oxygens (including phenoxy) is 3. The fourth-order valence-corrected chi connectivity index (χ4v) is 3.31. The maximum Gasteiger partial charge on any atom is 0.407 e. The molecule has 1 N–H and O–H groups in total. The zero-order chi connectivity index (χ0) is 19.8. The van der Waals surface area contributed by atoms with Crippen LogP contribution in [0, 0.1) is 5.92 Å². The number of esters is 1. The van der Waals surface area contributed by atoms with E-state index in [1.54, 1.807) is 7.11 Å². The summed E-state index contributed by atoms with van der Waals surface area (Å²) in [5.74, 6) is -0.597. The molecule has 0 aliphatic carbocycles. The molecule has 0 radical (unpaired) electrons. The quantitative estimate of drug-likeness (QED) is 0.709. The normalized spacial score (nSPS) is 19.7. The zero-order valence-electron chi connectivity index (χ0n) is 15.9. The van der Waals surface area contributed by atoms with Crippen molar-refractivity contribution in [3.05, 3.63) is 71.8 Å². The van der Waals surface area contributed by atoms with Crippen LogP contribution < -0.4 is 5.32 Å². The summed E-state index contributed by atoms with van der Waals surface area (Å²) in [5, 5.41) is 2.88. The summed E-state index contributed by atoms with van der Waals surface area (Å²) in [7, 11) is 1.56. The molecule has 0 saturated carbocycles. The Morgan fingerprint density at radius 1 is 1.11 bits per heavy atom. The lowest BCUT2D eigenvalue weighted by atomic mass is 9.96. The zero-order valence-corrected chi connectivity index (χ0v) is 15.9. The second-order valence-electron chi connectivity index (χ2n) is 6.87. The first kappa shape index (κ1) is 19.9. The van der Waals surface area contributed by atoms with Crippen molar-refractivity contribution in [2.24, 2.45) is 5.92 Å². The van der Waals surface area contributed by atoms with Crippen LogP contribution in [0.3, 0.4) is 0 Å². The number of amides is 1. The second-order valence-corrected chi connectivity index (χ2v) is 6.87. The highest BCUT2D eigenvalue weighted by atomic mass is 16.6. The van der Waals surface area contributed by atoms with Crippen LogP contribution in [-0.2, 0) is 32.0 Å². The van der Waals surface area contributed by atoms with Crippen molar-refractivity contribution in [1.82, 2.24) is 5.32 Å². The molecule has 1 fully saturated rings. The molecule has 3 atom stereocenters. The van der Waals surface area contributed by atoms with E-state index < -0.39 is 12.2 Å². The first-order valence-corrected chi connectivity index (χ1v) is 9.36. The third-order valence-corrected chi connectivity index (χ3v) is 4.75. The largest absolute Gasteiger partial charge is 0.460 e. The molecule has 1 aliphatic heterocycles. The van der Waals surface area contributed by atoms with E-state index in [-0.39, 0.29) is 24.5 Å². The second kappa shape index (κ2) is 9.90. The molecule has 2 aromatic carbocycles. The minimum absolute atomic E-state index is 0.182. The van der Waals surface area contributed by atoms with Crippen LogP contribution in [0.5, 0.6) is 0 Å². The first-order valence-electron chi connectivity index (χ1n) is 9.36. The number of rotatable bonds is 8. The topological polar surface area (TPSA) is 73.9 Å². The Morgan fingerprint density at radius 3 is 2.39 bits per heavy atom. The van der Waals surface area contributed by atoms with Gasteiger partial charge in [0.15, 0.2) is 0 Å². The molecular weight excluding hydrogens is 358 g/mol. The number of methoxy groups -OCH3 is 1. The van der Waals surface area contributed by atoms with E-state index in [0.29, 0.717) is 19.4 Å². The highest BCUT2D eigenvalue weighted by Gasteiger charge is 2.39. The Kier molecular flexibility index (Phi) is 7.03. The lowest BCUT2D eigenvalue weighted by Crippen LogP contribution is -2.45. The average molecular weight is 383 g/mol. The lowest BCUT2D eigenvalue weighted by Gasteiger charge is -2.23. The van der Waals surface area contributed by atoms with Crippen LogP contribution in [-0.4, -0.2) is 37.9 Å². The molecule has 1 heterocycles. The monoisotopic (exact) mass is 383 g/mol. The fraction of sp³-hybridized carbons (Fsp3) is 0.364. The molecule has 1 saturated heterocycles. The molecule has 28 heavy (non-hydrogen) atoms. The van der Waals surface area contributed by atoms with Crippen molar-refractivity contribution in [2.45, 2.75) is 31.6 Å². The van der Waals surface area contributed by atoms with Crippen LogP contribution in [0.15, 0.2) is 60.7 Å². The minimum atomic E-state index is -0.531. The molecule has 0 aromatic heterocycles. The van der Waals surface area contributed by atoms with Gasteiger partial charge in [-0.3, -0.25) is 4.79 Å². The maximum atomic E-state index is 12.4. The van der Waals surface area contributed by atoms with E-state index in [0.717, 1.165) is 11.1 Å². The van der Waals surface area contributed by atoms with Crippen LogP contribution in [0.2, 0.25) is 0 Å². The van der Waals surface area contributed by atoms with Gasteiger partial charge >= 0.3 is 12.1 Å². The van der Waals surface area contributed by atoms with Crippen molar-refractivity contribution in [3.8, 4) is 0 Å². The van der Waals surface area contributed by atoms with Gasteiger partial charge in [-0.05, 0) is 17.5 Å². The van der Waals surface area contributed by atoms with Gasteiger partial charge in [0.1, 0.15) is 12.7 Å². The molecule has 148 valence electrons. The average Bonchev–Trinajstić information content (AvgIpc) is 3.08. The van der Waals surface area contributed by atoms with Gasteiger partial charge in [-0.15, -0.1) is 0 Å². The maximum absolute atomic E-state index is 12.4. The third kappa shape index (κ3) is 5.57. The van der Waals surface area contributed by atoms with Crippen LogP contribution in [0.1, 0.15) is 17.5 Å². The van der Waals surface area contributed by atoms with Crippen molar-refractivity contribution >= 4 is 12.1 Å². The van der Waals surface area contributed by atoms with Crippen molar-refractivity contribution in [3.63, 3.8) is 0 Å². The third-order valence-electron chi connectivity index (χ3n) is 4.75. The standard InChI is InChI=1S/C22H25NO5/c1-26-15-18-13-20(28-21(18)24)19(12-16-8-4-2-5-9-16)23-22(25)27-14-17-10-6-3-7-11-17/h2-11,18-20H,12-15H2,1H3,(H,23,25)/t18-,19+,20+/m1/s1.